The Bertz CT molecular complexity index is 449. The Hall–Kier alpha value is -1.66. The summed E-state index contributed by atoms with van der Waals surface area (Å²) in [5.74, 6) is -0.199. The molecule has 0 aliphatic heterocycles. The van der Waals surface area contributed by atoms with Crippen LogP contribution in [0.4, 0.5) is 4.39 Å². The van der Waals surface area contributed by atoms with E-state index in [0.29, 0.717) is 12.2 Å². The topological polar surface area (TPSA) is 84.6 Å². The Morgan fingerprint density at radius 1 is 1.48 bits per heavy atom. The molecule has 0 saturated heterocycles. The minimum atomic E-state index is -0.938. The number of hydrogen-bond donors (Lipinski definition) is 3. The van der Waals surface area contributed by atoms with Gasteiger partial charge < -0.3 is 20.9 Å². The van der Waals surface area contributed by atoms with E-state index in [-0.39, 0.29) is 24.9 Å². The second-order valence-corrected chi connectivity index (χ2v) is 5.30. The molecule has 0 aliphatic carbocycles. The maximum absolute atomic E-state index is 12.7. The van der Waals surface area contributed by atoms with Crippen LogP contribution >= 0.6 is 0 Å². The first-order chi connectivity index (χ1) is 9.85. The first-order valence-electron chi connectivity index (χ1n) is 6.98. The number of ether oxygens (including phenoxy) is 1. The third-order valence-electron chi connectivity index (χ3n) is 3.04. The number of rotatable bonds is 8. The molecule has 4 N–H and O–H groups in total. The van der Waals surface area contributed by atoms with Gasteiger partial charge in [-0.1, -0.05) is 13.3 Å². The highest BCUT2D eigenvalue weighted by atomic mass is 19.1. The zero-order valence-electron chi connectivity index (χ0n) is 12.4. The van der Waals surface area contributed by atoms with Gasteiger partial charge in [-0.15, -0.1) is 0 Å². The lowest BCUT2D eigenvalue weighted by atomic mass is 9.96. The highest BCUT2D eigenvalue weighted by Gasteiger charge is 2.27. The average Bonchev–Trinajstić information content (AvgIpc) is 2.44. The van der Waals surface area contributed by atoms with E-state index in [9.17, 15) is 14.3 Å². The fraction of sp³-hybridized carbons (Fsp3) is 0.533. The molecule has 6 heteroatoms. The van der Waals surface area contributed by atoms with Crippen molar-refractivity contribution in [1.82, 2.24) is 5.32 Å². The molecule has 0 spiro atoms. The maximum atomic E-state index is 12.7. The highest BCUT2D eigenvalue weighted by molar-refractivity contribution is 5.85. The van der Waals surface area contributed by atoms with Crippen molar-refractivity contribution < 1.29 is 19.0 Å². The molecular formula is C15H23FN2O3. The molecule has 2 unspecified atom stereocenters. The lowest BCUT2D eigenvalue weighted by Crippen LogP contribution is -2.53. The largest absolute Gasteiger partial charge is 0.491 e. The summed E-state index contributed by atoms with van der Waals surface area (Å²) in [6.45, 7) is 3.66. The Balaban J connectivity index is 2.32. The molecule has 1 rings (SSSR count). The third kappa shape index (κ3) is 6.10. The van der Waals surface area contributed by atoms with Gasteiger partial charge in [-0.05, 0) is 37.6 Å². The molecule has 118 valence electrons. The monoisotopic (exact) mass is 298 g/mol. The van der Waals surface area contributed by atoms with Gasteiger partial charge in [0.25, 0.3) is 0 Å². The van der Waals surface area contributed by atoms with E-state index in [2.05, 4.69) is 5.32 Å². The standard InChI is InChI=1S/C15H23FN2O3/c1-3-8-15(2,17)14(20)18-9-12(19)10-21-13-6-4-11(16)5-7-13/h4-7,12,19H,3,8-10,17H2,1-2H3,(H,18,20). The van der Waals surface area contributed by atoms with Gasteiger partial charge in [-0.25, -0.2) is 4.39 Å². The van der Waals surface area contributed by atoms with E-state index < -0.39 is 11.6 Å². The molecule has 1 aromatic carbocycles. The zero-order valence-corrected chi connectivity index (χ0v) is 12.4. The second-order valence-electron chi connectivity index (χ2n) is 5.30. The molecule has 0 aliphatic rings. The zero-order chi connectivity index (χ0) is 15.9. The van der Waals surface area contributed by atoms with Gasteiger partial charge in [0.05, 0.1) is 5.54 Å². The van der Waals surface area contributed by atoms with Crippen molar-refractivity contribution in [3.63, 3.8) is 0 Å². The molecule has 2 atom stereocenters. The van der Waals surface area contributed by atoms with Crippen molar-refractivity contribution in [2.24, 2.45) is 5.73 Å². The van der Waals surface area contributed by atoms with Crippen LogP contribution in [0.5, 0.6) is 5.75 Å². The predicted molar refractivity (Wildman–Crippen MR) is 78.4 cm³/mol. The third-order valence-corrected chi connectivity index (χ3v) is 3.04. The van der Waals surface area contributed by atoms with Crippen molar-refractivity contribution in [1.29, 1.82) is 0 Å². The van der Waals surface area contributed by atoms with Gasteiger partial charge in [0, 0.05) is 6.54 Å². The Kier molecular flexibility index (Phi) is 6.58. The number of carbonyl (C=O) groups excluding carboxylic acids is 1. The average molecular weight is 298 g/mol. The smallest absolute Gasteiger partial charge is 0.239 e. The number of halogens is 1. The molecule has 1 aromatic rings. The summed E-state index contributed by atoms with van der Waals surface area (Å²) in [6.07, 6.45) is 0.508. The van der Waals surface area contributed by atoms with Gasteiger partial charge in [0.1, 0.15) is 24.3 Å². The van der Waals surface area contributed by atoms with Crippen LogP contribution in [0.25, 0.3) is 0 Å². The summed E-state index contributed by atoms with van der Waals surface area (Å²) >= 11 is 0. The SMILES string of the molecule is CCCC(C)(N)C(=O)NCC(O)COc1ccc(F)cc1. The lowest BCUT2D eigenvalue weighted by Gasteiger charge is -2.23. The molecule has 0 aromatic heterocycles. The molecule has 0 radical (unpaired) electrons. The summed E-state index contributed by atoms with van der Waals surface area (Å²) in [7, 11) is 0. The normalized spacial score (nSPS) is 15.1. The number of aliphatic hydroxyl groups excluding tert-OH is 1. The fourth-order valence-electron chi connectivity index (χ4n) is 1.83. The van der Waals surface area contributed by atoms with E-state index in [4.69, 9.17) is 10.5 Å². The van der Waals surface area contributed by atoms with Crippen LogP contribution in [0, 0.1) is 5.82 Å². The Morgan fingerprint density at radius 3 is 2.67 bits per heavy atom. The molecule has 1 amide bonds. The summed E-state index contributed by atoms with van der Waals surface area (Å²) < 4.78 is 18.0. The van der Waals surface area contributed by atoms with Gasteiger partial charge in [0.2, 0.25) is 5.91 Å². The second kappa shape index (κ2) is 7.95. The number of aliphatic hydroxyl groups is 1. The number of benzene rings is 1. The summed E-state index contributed by atoms with van der Waals surface area (Å²) in [6, 6.07) is 5.49. The van der Waals surface area contributed by atoms with E-state index in [0.717, 1.165) is 6.42 Å². The minimum absolute atomic E-state index is 0.000968. The van der Waals surface area contributed by atoms with Gasteiger partial charge >= 0.3 is 0 Å². The first-order valence-corrected chi connectivity index (χ1v) is 6.98. The minimum Gasteiger partial charge on any atom is -0.491 e. The highest BCUT2D eigenvalue weighted by Crippen LogP contribution is 2.11. The molecule has 5 nitrogen and oxygen atoms in total. The van der Waals surface area contributed by atoms with Gasteiger partial charge in [-0.2, -0.15) is 0 Å². The molecule has 0 heterocycles. The number of carbonyl (C=O) groups is 1. The molecular weight excluding hydrogens is 275 g/mol. The van der Waals surface area contributed by atoms with Crippen molar-refractivity contribution in [2.75, 3.05) is 13.2 Å². The number of nitrogens with one attached hydrogen (secondary N) is 1. The molecule has 0 fully saturated rings. The Morgan fingerprint density at radius 2 is 2.10 bits per heavy atom. The first kappa shape index (κ1) is 17.4. The molecule has 0 bridgehead atoms. The van der Waals surface area contributed by atoms with E-state index >= 15 is 0 Å². The Labute approximate surface area is 124 Å². The molecule has 21 heavy (non-hydrogen) atoms. The van der Waals surface area contributed by atoms with Crippen molar-refractivity contribution >= 4 is 5.91 Å². The fourth-order valence-corrected chi connectivity index (χ4v) is 1.83. The van der Waals surface area contributed by atoms with Crippen molar-refractivity contribution in [3.8, 4) is 5.75 Å². The number of amides is 1. The van der Waals surface area contributed by atoms with E-state index in [1.54, 1.807) is 6.92 Å². The van der Waals surface area contributed by atoms with Crippen LogP contribution < -0.4 is 15.8 Å². The molecule has 0 saturated carbocycles. The van der Waals surface area contributed by atoms with Crippen LogP contribution in [0.1, 0.15) is 26.7 Å². The van der Waals surface area contributed by atoms with Crippen LogP contribution in [0.3, 0.4) is 0 Å². The lowest BCUT2D eigenvalue weighted by molar-refractivity contribution is -0.126. The van der Waals surface area contributed by atoms with E-state index in [1.807, 2.05) is 6.92 Å². The van der Waals surface area contributed by atoms with Crippen LogP contribution in [0.15, 0.2) is 24.3 Å². The summed E-state index contributed by atoms with van der Waals surface area (Å²) in [4.78, 5) is 11.8. The van der Waals surface area contributed by atoms with Gasteiger partial charge in [0.15, 0.2) is 0 Å². The van der Waals surface area contributed by atoms with Crippen LogP contribution in [0.2, 0.25) is 0 Å². The van der Waals surface area contributed by atoms with Crippen molar-refractivity contribution in [3.05, 3.63) is 30.1 Å². The number of hydrogen-bond acceptors (Lipinski definition) is 4. The van der Waals surface area contributed by atoms with E-state index in [1.165, 1.54) is 24.3 Å². The quantitative estimate of drug-likeness (QED) is 0.673. The van der Waals surface area contributed by atoms with Crippen LogP contribution in [-0.4, -0.2) is 35.8 Å². The van der Waals surface area contributed by atoms with Crippen LogP contribution in [-0.2, 0) is 4.79 Å². The summed E-state index contributed by atoms with van der Waals surface area (Å²) in [5, 5.41) is 12.4. The maximum Gasteiger partial charge on any atom is 0.239 e. The number of nitrogens with two attached hydrogens (primary N) is 1. The van der Waals surface area contributed by atoms with Gasteiger partial charge in [-0.3, -0.25) is 4.79 Å². The van der Waals surface area contributed by atoms with Crippen molar-refractivity contribution in [2.45, 2.75) is 38.3 Å². The summed E-state index contributed by atoms with van der Waals surface area (Å²) in [5.41, 5.74) is 4.94. The predicted octanol–water partition coefficient (Wildman–Crippen LogP) is 1.20.